The number of aliphatic hydroxyl groups excluding tert-OH is 1. The van der Waals surface area contributed by atoms with Crippen molar-refractivity contribution in [1.29, 1.82) is 0 Å². The quantitative estimate of drug-likeness (QED) is 0.101. The molecule has 6 N–H and O–H groups in total. The molecule has 0 saturated carbocycles. The summed E-state index contributed by atoms with van der Waals surface area (Å²) < 4.78 is 46.9. The molecule has 73 heavy (non-hydrogen) atoms. The van der Waals surface area contributed by atoms with E-state index in [9.17, 15) is 30.0 Å². The molecule has 2 amide bonds. The van der Waals surface area contributed by atoms with E-state index in [2.05, 4.69) is 16.7 Å². The summed E-state index contributed by atoms with van der Waals surface area (Å²) in [5, 5.41) is 55.6. The molecule has 0 aromatic heterocycles. The number of likely N-dealkylation sites (N-methyl/N-ethyl adjacent to an activating group) is 1. The molecular weight excluding hydrogens is 937 g/mol. The summed E-state index contributed by atoms with van der Waals surface area (Å²) in [6.07, 6.45) is -5.77. The van der Waals surface area contributed by atoms with Crippen molar-refractivity contribution >= 4 is 17.7 Å². The second kappa shape index (κ2) is 24.7. The van der Waals surface area contributed by atoms with Crippen molar-refractivity contribution in [2.75, 3.05) is 45.2 Å². The molecule has 4 aliphatic heterocycles. The van der Waals surface area contributed by atoms with Crippen molar-refractivity contribution in [1.82, 2.24) is 15.5 Å². The van der Waals surface area contributed by atoms with Crippen LogP contribution in [0.15, 0.2) is 54.6 Å². The Kier molecular flexibility index (Phi) is 19.9. The molecule has 3 fully saturated rings. The van der Waals surface area contributed by atoms with Crippen LogP contribution in [0.25, 0.3) is 0 Å². The van der Waals surface area contributed by atoms with Crippen molar-refractivity contribution in [2.45, 2.75) is 211 Å². The van der Waals surface area contributed by atoms with Gasteiger partial charge in [-0.15, -0.1) is 0 Å². The minimum Gasteiger partial charge on any atom is -0.483 e. The van der Waals surface area contributed by atoms with E-state index in [1.54, 1.807) is 53.7 Å². The fourth-order valence-corrected chi connectivity index (χ4v) is 11.9. The van der Waals surface area contributed by atoms with E-state index in [1.807, 2.05) is 88.0 Å². The number of para-hydroxylation sites is 2. The van der Waals surface area contributed by atoms with Gasteiger partial charge in [-0.2, -0.15) is 0 Å². The van der Waals surface area contributed by atoms with E-state index in [0.29, 0.717) is 31.8 Å². The number of aliphatic hydroxyl groups is 4. The van der Waals surface area contributed by atoms with Gasteiger partial charge in [0.25, 0.3) is 0 Å². The smallest absolute Gasteiger partial charge is 0.324 e. The summed E-state index contributed by atoms with van der Waals surface area (Å²) in [6.45, 7) is 21.5. The fraction of sp³-hybridized carbons (Fsp3) is 0.750. The second-order valence-corrected chi connectivity index (χ2v) is 22.4. The first-order chi connectivity index (χ1) is 34.4. The Bertz CT molecular complexity index is 2080. The maximum Gasteiger partial charge on any atom is 0.324 e. The number of fused-ring (bicyclic) bond motifs is 1. The van der Waals surface area contributed by atoms with Gasteiger partial charge in [0.15, 0.2) is 18.7 Å². The number of anilines is 1. The normalized spacial score (nSPS) is 40.1. The summed E-state index contributed by atoms with van der Waals surface area (Å²) >= 11 is 0. The highest BCUT2D eigenvalue weighted by atomic mass is 16.7. The van der Waals surface area contributed by atoms with Crippen LogP contribution in [0.1, 0.15) is 120 Å². The number of cyclic esters (lactones) is 1. The Balaban J connectivity index is 1.44. The molecule has 0 spiro atoms. The predicted molar refractivity (Wildman–Crippen MR) is 278 cm³/mol. The second-order valence-electron chi connectivity index (χ2n) is 22.4. The van der Waals surface area contributed by atoms with Gasteiger partial charge in [-0.1, -0.05) is 64.1 Å². The molecule has 3 saturated heterocycles. The Morgan fingerprint density at radius 2 is 1.62 bits per heavy atom. The zero-order valence-corrected chi connectivity index (χ0v) is 45.9. The van der Waals surface area contributed by atoms with Gasteiger partial charge in [-0.05, 0) is 130 Å². The first-order valence-corrected chi connectivity index (χ1v) is 26.9. The van der Waals surface area contributed by atoms with E-state index >= 15 is 0 Å². The minimum atomic E-state index is -1.86. The first kappa shape index (κ1) is 58.8. The number of aryl methyl sites for hydroxylation is 1. The number of ether oxygens (including phenoxy) is 7. The number of nitrogens with one attached hydrogen (secondary N) is 2. The average molecular weight is 1030 g/mol. The molecular formula is C56H90N4O13. The Labute approximate surface area is 434 Å². The van der Waals surface area contributed by atoms with Crippen LogP contribution in [0, 0.1) is 17.8 Å². The molecule has 412 valence electrons. The molecule has 2 aromatic carbocycles. The highest BCUT2D eigenvalue weighted by Crippen LogP contribution is 2.44. The van der Waals surface area contributed by atoms with Gasteiger partial charge in [-0.25, -0.2) is 4.79 Å². The molecule has 6 rings (SSSR count). The van der Waals surface area contributed by atoms with Crippen LogP contribution < -0.4 is 20.3 Å². The number of carbonyl (C=O) groups excluding carboxylic acids is 2. The van der Waals surface area contributed by atoms with Gasteiger partial charge in [0, 0.05) is 51.3 Å². The van der Waals surface area contributed by atoms with Crippen LogP contribution in [0.3, 0.4) is 0 Å². The fourth-order valence-electron chi connectivity index (χ4n) is 11.9. The van der Waals surface area contributed by atoms with E-state index in [0.717, 1.165) is 30.5 Å². The van der Waals surface area contributed by atoms with Crippen molar-refractivity contribution < 1.29 is 63.2 Å². The number of hydrogen-bond acceptors (Lipinski definition) is 15. The summed E-state index contributed by atoms with van der Waals surface area (Å²) in [6, 6.07) is 15.9. The number of hydrogen-bond donors (Lipinski definition) is 6. The number of amides is 2. The van der Waals surface area contributed by atoms with E-state index in [1.165, 1.54) is 6.92 Å². The number of carbonyl (C=O) groups is 2. The van der Waals surface area contributed by atoms with Crippen LogP contribution in [0.5, 0.6) is 5.75 Å². The lowest BCUT2D eigenvalue weighted by Crippen LogP contribution is -2.70. The summed E-state index contributed by atoms with van der Waals surface area (Å²) in [7, 11) is 3.33. The number of benzene rings is 2. The summed E-state index contributed by atoms with van der Waals surface area (Å²) in [5.74, 6) is -2.37. The number of urea groups is 1. The third-order valence-corrected chi connectivity index (χ3v) is 16.5. The van der Waals surface area contributed by atoms with Crippen molar-refractivity contribution in [3.63, 3.8) is 0 Å². The maximum absolute atomic E-state index is 14.8. The van der Waals surface area contributed by atoms with Gasteiger partial charge in [0.1, 0.15) is 34.8 Å². The van der Waals surface area contributed by atoms with Crippen molar-refractivity contribution in [2.24, 2.45) is 17.8 Å². The molecule has 0 unspecified atom stereocenters. The number of methoxy groups -OCH3 is 1. The molecule has 17 heteroatoms. The third-order valence-electron chi connectivity index (χ3n) is 16.5. The van der Waals surface area contributed by atoms with Crippen molar-refractivity contribution in [3.8, 4) is 5.75 Å². The number of esters is 1. The Hall–Kier alpha value is -3.46. The van der Waals surface area contributed by atoms with Crippen LogP contribution in [-0.2, 0) is 39.6 Å². The Morgan fingerprint density at radius 3 is 2.29 bits per heavy atom. The molecule has 0 bridgehead atoms. The van der Waals surface area contributed by atoms with Gasteiger partial charge < -0.3 is 69.1 Å². The standard InChI is InChI=1S/C56H90N4O13/c1-14-27-57-33-56(66)39(8)69-45(31-54(56,10)67-13)72-46-36(5)49(53(9,64)30-34(3)32-58-38(7)48(61)55(11,65)44(15-2)71-50(62)37(46)6)73-51-47(70-41-24-17-16-18-25-41)43(29-35(4)68-51)59(12)52(63)60-28-21-23-40-22-19-20-26-42(40)60/h16-20,22,24-26,34-39,43-49,51,57-58,61,64-66H,14-15,21,23,27-33H2,1-13H3/t34-,35-,36+,37-,38-,39+,43+,44-,45+,46+,47-,48-,49-,51+,53-,54-,55-,56+/m1/s1. The number of nitrogens with zero attached hydrogens (tertiary/aromatic N) is 2. The van der Waals surface area contributed by atoms with Crippen LogP contribution in [0.4, 0.5) is 10.5 Å². The molecule has 18 atom stereocenters. The molecule has 2 aromatic rings. The van der Waals surface area contributed by atoms with Gasteiger partial charge >= 0.3 is 12.0 Å². The lowest BCUT2D eigenvalue weighted by molar-refractivity contribution is -0.335. The largest absolute Gasteiger partial charge is 0.483 e. The SMILES string of the molecule is CCCNC[C@]1(O)[C@H](C)O[C@@H](O[C@H]2[C@H](C)[C@@H](O[C@@H]3O[C@H](C)C[C@H](N(C)C(=O)N4CCCc5ccccc54)[C@H]3Oc3ccccc3)[C@](C)(O)C[C@@H](C)CN[C@H](C)[C@@H](O)[C@](C)(O)[C@@H](CC)OC(=O)[C@@H]2C)C[C@@]1(C)OC. The zero-order valence-electron chi connectivity index (χ0n) is 45.9. The molecule has 4 aliphatic rings. The minimum absolute atomic E-state index is 0.0594. The van der Waals surface area contributed by atoms with Gasteiger partial charge in [-0.3, -0.25) is 9.69 Å². The molecule has 0 aliphatic carbocycles. The average Bonchev–Trinajstić information content (AvgIpc) is 3.36. The van der Waals surface area contributed by atoms with E-state index < -0.39 is 108 Å². The van der Waals surface area contributed by atoms with Crippen molar-refractivity contribution in [3.05, 3.63) is 60.2 Å². The lowest BCUT2D eigenvalue weighted by Gasteiger charge is -2.53. The van der Waals surface area contributed by atoms with Crippen LogP contribution in [0.2, 0.25) is 0 Å². The monoisotopic (exact) mass is 1030 g/mol. The van der Waals surface area contributed by atoms with Crippen LogP contribution in [-0.4, -0.2) is 167 Å². The highest BCUT2D eigenvalue weighted by molar-refractivity contribution is 5.93. The topological polar surface area (TPSA) is 210 Å². The molecule has 0 radical (unpaired) electrons. The first-order valence-electron chi connectivity index (χ1n) is 26.9. The summed E-state index contributed by atoms with van der Waals surface area (Å²) in [4.78, 5) is 33.1. The third kappa shape index (κ3) is 13.0. The zero-order chi connectivity index (χ0) is 53.6. The highest BCUT2D eigenvalue weighted by Gasteiger charge is 2.59. The predicted octanol–water partition coefficient (Wildman–Crippen LogP) is 5.96. The van der Waals surface area contributed by atoms with Gasteiger partial charge in [0.05, 0.1) is 42.0 Å². The number of rotatable bonds is 13. The van der Waals surface area contributed by atoms with E-state index in [-0.39, 0.29) is 37.8 Å². The molecule has 17 nitrogen and oxygen atoms in total. The maximum atomic E-state index is 14.8. The molecule has 4 heterocycles. The summed E-state index contributed by atoms with van der Waals surface area (Å²) in [5.41, 5.74) is -4.21. The van der Waals surface area contributed by atoms with E-state index in [4.69, 9.17) is 33.2 Å². The lowest BCUT2D eigenvalue weighted by atomic mass is 9.75. The van der Waals surface area contributed by atoms with Crippen LogP contribution >= 0.6 is 0 Å². The van der Waals surface area contributed by atoms with Gasteiger partial charge in [0.2, 0.25) is 0 Å². The Morgan fingerprint density at radius 1 is 0.932 bits per heavy atom.